The molecule has 0 heterocycles. The van der Waals surface area contributed by atoms with Crippen molar-refractivity contribution in [2.45, 2.75) is 6.54 Å². The highest BCUT2D eigenvalue weighted by molar-refractivity contribution is 7.93. The number of sulfone groups is 1. The Hall–Kier alpha value is -1.40. The first kappa shape index (κ1) is 17.7. The summed E-state index contributed by atoms with van der Waals surface area (Å²) >= 11 is 0. The third kappa shape index (κ3) is 7.82. The zero-order valence-corrected chi connectivity index (χ0v) is 13.2. The van der Waals surface area contributed by atoms with Gasteiger partial charge < -0.3 is 5.11 Å². The molecular weight excluding hydrogens is 314 g/mol. The topological polar surface area (TPSA) is 101 Å². The molecule has 0 aliphatic carbocycles. The lowest BCUT2D eigenvalue weighted by molar-refractivity contribution is 0.350. The molecule has 6 nitrogen and oxygen atoms in total. The van der Waals surface area contributed by atoms with E-state index < -0.39 is 31.4 Å². The third-order valence-corrected chi connectivity index (χ3v) is 5.01. The Kier molecular flexibility index (Phi) is 6.36. The molecule has 2 N–H and O–H groups in total. The zero-order chi connectivity index (χ0) is 15.9. The van der Waals surface area contributed by atoms with Gasteiger partial charge in [0.1, 0.15) is 16.4 Å². The summed E-state index contributed by atoms with van der Waals surface area (Å²) in [4.78, 5) is 0. The van der Waals surface area contributed by atoms with Gasteiger partial charge >= 0.3 is 0 Å². The van der Waals surface area contributed by atoms with Gasteiger partial charge in [-0.05, 0) is 17.7 Å². The van der Waals surface area contributed by atoms with E-state index in [2.05, 4.69) is 16.6 Å². The fourth-order valence-corrected chi connectivity index (χ4v) is 3.99. The van der Waals surface area contributed by atoms with Gasteiger partial charge in [0.25, 0.3) is 0 Å². The molecule has 0 spiro atoms. The molecule has 0 saturated carbocycles. The maximum absolute atomic E-state index is 11.6. The maximum Gasteiger partial charge on any atom is 0.212 e. The normalized spacial score (nSPS) is 11.7. The average Bonchev–Trinajstić information content (AvgIpc) is 2.41. The minimum absolute atomic E-state index is 0.0831. The van der Waals surface area contributed by atoms with Crippen LogP contribution in [-0.2, 0) is 26.4 Å². The summed E-state index contributed by atoms with van der Waals surface area (Å²) in [6.45, 7) is -0.137. The van der Waals surface area contributed by atoms with E-state index in [9.17, 15) is 16.8 Å². The van der Waals surface area contributed by atoms with Crippen LogP contribution in [0.15, 0.2) is 24.3 Å². The van der Waals surface area contributed by atoms with Crippen LogP contribution in [0.5, 0.6) is 0 Å². The SMILES string of the molecule is CS(=O)(=O)CCS(=O)(=O)NCc1ccc(C#CCO)cc1. The molecule has 0 saturated heterocycles. The van der Waals surface area contributed by atoms with Gasteiger partial charge in [-0.2, -0.15) is 0 Å². The molecule has 0 bridgehead atoms. The molecule has 0 unspecified atom stereocenters. The van der Waals surface area contributed by atoms with Crippen molar-refractivity contribution < 1.29 is 21.9 Å². The van der Waals surface area contributed by atoms with Gasteiger partial charge in [0, 0.05) is 18.4 Å². The lowest BCUT2D eigenvalue weighted by atomic mass is 10.1. The average molecular weight is 331 g/mol. The molecule has 0 fully saturated rings. The third-order valence-electron chi connectivity index (χ3n) is 2.48. The van der Waals surface area contributed by atoms with E-state index in [-0.39, 0.29) is 13.2 Å². The predicted octanol–water partition coefficient (Wildman–Crippen LogP) is -0.506. The van der Waals surface area contributed by atoms with Crippen LogP contribution >= 0.6 is 0 Å². The summed E-state index contributed by atoms with van der Waals surface area (Å²) in [5.41, 5.74) is 1.44. The van der Waals surface area contributed by atoms with Crippen LogP contribution < -0.4 is 4.72 Å². The second-order valence-corrected chi connectivity index (χ2v) is 8.61. The molecule has 0 atom stereocenters. The summed E-state index contributed by atoms with van der Waals surface area (Å²) in [7, 11) is -6.94. The van der Waals surface area contributed by atoms with E-state index in [1.165, 1.54) is 0 Å². The Balaban J connectivity index is 2.58. The monoisotopic (exact) mass is 331 g/mol. The molecule has 0 amide bonds. The van der Waals surface area contributed by atoms with Crippen molar-refractivity contribution in [2.75, 3.05) is 24.4 Å². The van der Waals surface area contributed by atoms with Crippen LogP contribution in [0.3, 0.4) is 0 Å². The molecule has 0 aliphatic rings. The van der Waals surface area contributed by atoms with E-state index in [0.29, 0.717) is 5.56 Å². The molecule has 0 radical (unpaired) electrons. The highest BCUT2D eigenvalue weighted by Gasteiger charge is 2.13. The molecule has 21 heavy (non-hydrogen) atoms. The van der Waals surface area contributed by atoms with E-state index in [0.717, 1.165) is 11.8 Å². The molecule has 8 heteroatoms. The minimum atomic E-state index is -3.63. The second kappa shape index (κ2) is 7.56. The van der Waals surface area contributed by atoms with Crippen molar-refractivity contribution in [3.05, 3.63) is 35.4 Å². The van der Waals surface area contributed by atoms with Gasteiger partial charge in [-0.1, -0.05) is 24.0 Å². The van der Waals surface area contributed by atoms with Gasteiger partial charge in [-0.25, -0.2) is 21.6 Å². The lowest BCUT2D eigenvalue weighted by Crippen LogP contribution is -2.29. The maximum atomic E-state index is 11.6. The lowest BCUT2D eigenvalue weighted by Gasteiger charge is -2.06. The number of benzene rings is 1. The van der Waals surface area contributed by atoms with Gasteiger partial charge in [-0.15, -0.1) is 0 Å². The Labute approximate surface area is 125 Å². The van der Waals surface area contributed by atoms with Crippen LogP contribution in [0.1, 0.15) is 11.1 Å². The van der Waals surface area contributed by atoms with E-state index in [1.807, 2.05) is 0 Å². The molecule has 1 aromatic carbocycles. The standard InChI is InChI=1S/C13H17NO5S2/c1-20(16,17)9-10-21(18,19)14-11-13-6-4-12(5-7-13)3-2-8-15/h4-7,14-15H,8-11H2,1H3. The van der Waals surface area contributed by atoms with Gasteiger partial charge in [-0.3, -0.25) is 0 Å². The van der Waals surface area contributed by atoms with Gasteiger partial charge in [0.05, 0.1) is 11.5 Å². The van der Waals surface area contributed by atoms with Crippen molar-refractivity contribution in [3.63, 3.8) is 0 Å². The number of sulfonamides is 1. The first-order chi connectivity index (χ1) is 9.72. The van der Waals surface area contributed by atoms with Crippen molar-refractivity contribution in [1.29, 1.82) is 0 Å². The molecule has 0 aliphatic heterocycles. The minimum Gasteiger partial charge on any atom is -0.384 e. The van der Waals surface area contributed by atoms with Crippen LogP contribution in [0.2, 0.25) is 0 Å². The number of aliphatic hydroxyl groups is 1. The van der Waals surface area contributed by atoms with Gasteiger partial charge in [0.15, 0.2) is 0 Å². The first-order valence-electron chi connectivity index (χ1n) is 6.05. The summed E-state index contributed by atoms with van der Waals surface area (Å²) in [6, 6.07) is 6.84. The summed E-state index contributed by atoms with van der Waals surface area (Å²) in [5, 5.41) is 8.57. The van der Waals surface area contributed by atoms with E-state index in [4.69, 9.17) is 5.11 Å². The molecule has 116 valence electrons. The van der Waals surface area contributed by atoms with E-state index in [1.54, 1.807) is 24.3 Å². The number of rotatable bonds is 6. The highest BCUT2D eigenvalue weighted by atomic mass is 32.2. The quantitative estimate of drug-likeness (QED) is 0.684. The zero-order valence-electron chi connectivity index (χ0n) is 11.5. The van der Waals surface area contributed by atoms with Crippen molar-refractivity contribution >= 4 is 19.9 Å². The van der Waals surface area contributed by atoms with E-state index >= 15 is 0 Å². The Morgan fingerprint density at radius 1 is 1.10 bits per heavy atom. The Morgan fingerprint density at radius 2 is 1.71 bits per heavy atom. The van der Waals surface area contributed by atoms with Crippen LogP contribution in [0.25, 0.3) is 0 Å². The number of aliphatic hydroxyl groups excluding tert-OH is 1. The molecule has 1 rings (SSSR count). The number of hydrogen-bond donors (Lipinski definition) is 2. The molecular formula is C13H17NO5S2. The molecule has 1 aromatic rings. The van der Waals surface area contributed by atoms with Crippen molar-refractivity contribution in [1.82, 2.24) is 4.72 Å². The van der Waals surface area contributed by atoms with Crippen molar-refractivity contribution in [2.24, 2.45) is 0 Å². The highest BCUT2D eigenvalue weighted by Crippen LogP contribution is 2.04. The summed E-state index contributed by atoms with van der Waals surface area (Å²) in [5.74, 6) is 4.38. The van der Waals surface area contributed by atoms with Crippen LogP contribution in [0.4, 0.5) is 0 Å². The number of nitrogens with one attached hydrogen (secondary N) is 1. The van der Waals surface area contributed by atoms with Crippen LogP contribution in [-0.4, -0.2) is 46.3 Å². The fraction of sp³-hybridized carbons (Fsp3) is 0.385. The summed E-state index contributed by atoms with van der Waals surface area (Å²) in [6.07, 6.45) is 0.995. The van der Waals surface area contributed by atoms with Crippen molar-refractivity contribution in [3.8, 4) is 11.8 Å². The largest absolute Gasteiger partial charge is 0.384 e. The second-order valence-electron chi connectivity index (χ2n) is 4.43. The Morgan fingerprint density at radius 3 is 2.24 bits per heavy atom. The summed E-state index contributed by atoms with van der Waals surface area (Å²) < 4.78 is 47.5. The van der Waals surface area contributed by atoms with Crippen LogP contribution in [0, 0.1) is 11.8 Å². The number of hydrogen-bond acceptors (Lipinski definition) is 5. The first-order valence-corrected chi connectivity index (χ1v) is 9.77. The molecule has 0 aromatic heterocycles. The predicted molar refractivity (Wildman–Crippen MR) is 80.7 cm³/mol. The Bertz CT molecular complexity index is 725. The smallest absolute Gasteiger partial charge is 0.212 e. The fourth-order valence-electron chi connectivity index (χ4n) is 1.37. The van der Waals surface area contributed by atoms with Gasteiger partial charge in [0.2, 0.25) is 10.0 Å².